The number of ether oxygens (including phenoxy) is 1. The normalized spacial score (nSPS) is 23.5. The zero-order valence-corrected chi connectivity index (χ0v) is 13.5. The van der Waals surface area contributed by atoms with Gasteiger partial charge in [-0.05, 0) is 50.1 Å². The topological polar surface area (TPSA) is 38.5 Å². The molecule has 3 heteroatoms. The average Bonchev–Trinajstić information content (AvgIpc) is 2.34. The van der Waals surface area contributed by atoms with Crippen LogP contribution in [0.25, 0.3) is 0 Å². The van der Waals surface area contributed by atoms with Crippen LogP contribution in [0.5, 0.6) is 0 Å². The van der Waals surface area contributed by atoms with Gasteiger partial charge in [0.15, 0.2) is 0 Å². The lowest BCUT2D eigenvalue weighted by atomic mass is 9.84. The van der Waals surface area contributed by atoms with Gasteiger partial charge in [-0.2, -0.15) is 0 Å². The van der Waals surface area contributed by atoms with E-state index in [-0.39, 0.29) is 0 Å². The van der Waals surface area contributed by atoms with Crippen molar-refractivity contribution in [1.29, 1.82) is 0 Å². The van der Waals surface area contributed by atoms with Crippen LogP contribution < -0.4 is 5.73 Å². The molecule has 2 N–H and O–H groups in total. The summed E-state index contributed by atoms with van der Waals surface area (Å²) in [6.45, 7) is 14.2. The average molecular weight is 270 g/mol. The van der Waals surface area contributed by atoms with E-state index < -0.39 is 0 Å². The quantitative estimate of drug-likeness (QED) is 0.773. The third kappa shape index (κ3) is 7.28. The summed E-state index contributed by atoms with van der Waals surface area (Å²) in [6.07, 6.45) is 5.26. The summed E-state index contributed by atoms with van der Waals surface area (Å²) in [6, 6.07) is 0. The van der Waals surface area contributed by atoms with Crippen LogP contribution in [0.15, 0.2) is 0 Å². The molecule has 2 unspecified atom stereocenters. The molecule has 0 amide bonds. The molecule has 2 atom stereocenters. The van der Waals surface area contributed by atoms with Crippen molar-refractivity contribution in [3.8, 4) is 0 Å². The minimum atomic E-state index is 0.373. The van der Waals surface area contributed by atoms with Crippen LogP contribution in [0.2, 0.25) is 0 Å². The van der Waals surface area contributed by atoms with E-state index in [1.54, 1.807) is 0 Å². The van der Waals surface area contributed by atoms with Crippen LogP contribution in [-0.2, 0) is 4.74 Å². The number of nitrogens with two attached hydrogens (primary N) is 1. The largest absolute Gasteiger partial charge is 0.377 e. The third-order valence-corrected chi connectivity index (χ3v) is 3.77. The fraction of sp³-hybridized carbons (Fsp3) is 1.00. The zero-order chi connectivity index (χ0) is 14.3. The molecule has 0 radical (unpaired) electrons. The maximum Gasteiger partial charge on any atom is 0.0702 e. The first-order chi connectivity index (χ1) is 8.94. The van der Waals surface area contributed by atoms with Gasteiger partial charge in [-0.1, -0.05) is 27.7 Å². The molecule has 0 aromatic heterocycles. The van der Waals surface area contributed by atoms with Gasteiger partial charge in [0.1, 0.15) is 0 Å². The maximum atomic E-state index is 5.95. The van der Waals surface area contributed by atoms with Crippen LogP contribution in [0.4, 0.5) is 0 Å². The highest BCUT2D eigenvalue weighted by Gasteiger charge is 2.24. The van der Waals surface area contributed by atoms with Gasteiger partial charge in [-0.25, -0.2) is 0 Å². The minimum Gasteiger partial charge on any atom is -0.377 e. The third-order valence-electron chi connectivity index (χ3n) is 3.77. The van der Waals surface area contributed by atoms with E-state index in [0.29, 0.717) is 17.4 Å². The Balaban J connectivity index is 2.37. The summed E-state index contributed by atoms with van der Waals surface area (Å²) < 4.78 is 5.91. The number of hydrogen-bond donors (Lipinski definition) is 1. The van der Waals surface area contributed by atoms with Gasteiger partial charge in [0, 0.05) is 19.7 Å². The molecule has 0 bridgehead atoms. The van der Waals surface area contributed by atoms with Crippen molar-refractivity contribution in [3.05, 3.63) is 0 Å². The van der Waals surface area contributed by atoms with Crippen molar-refractivity contribution >= 4 is 0 Å². The predicted octanol–water partition coefficient (Wildman–Crippen LogP) is 2.89. The molecule has 0 aromatic carbocycles. The Labute approximate surface area is 119 Å². The Morgan fingerprint density at radius 2 is 2.11 bits per heavy atom. The van der Waals surface area contributed by atoms with Crippen molar-refractivity contribution in [1.82, 2.24) is 4.90 Å². The van der Waals surface area contributed by atoms with Gasteiger partial charge in [0.25, 0.3) is 0 Å². The summed E-state index contributed by atoms with van der Waals surface area (Å²) in [5.74, 6) is 0.616. The Morgan fingerprint density at radius 3 is 2.68 bits per heavy atom. The van der Waals surface area contributed by atoms with Crippen molar-refractivity contribution in [3.63, 3.8) is 0 Å². The van der Waals surface area contributed by atoms with E-state index in [4.69, 9.17) is 10.5 Å². The van der Waals surface area contributed by atoms with Crippen LogP contribution in [-0.4, -0.2) is 43.8 Å². The molecule has 1 saturated heterocycles. The van der Waals surface area contributed by atoms with Crippen molar-refractivity contribution in [2.45, 2.75) is 59.5 Å². The lowest BCUT2D eigenvalue weighted by molar-refractivity contribution is -0.00493. The molecule has 1 fully saturated rings. The second-order valence-corrected chi connectivity index (χ2v) is 7.26. The molecule has 1 aliphatic heterocycles. The van der Waals surface area contributed by atoms with Crippen molar-refractivity contribution in [2.75, 3.05) is 32.8 Å². The highest BCUT2D eigenvalue weighted by Crippen LogP contribution is 2.25. The van der Waals surface area contributed by atoms with Crippen LogP contribution >= 0.6 is 0 Å². The first-order valence-corrected chi connectivity index (χ1v) is 7.98. The van der Waals surface area contributed by atoms with E-state index in [9.17, 15) is 0 Å². The summed E-state index contributed by atoms with van der Waals surface area (Å²) >= 11 is 0. The molecule has 114 valence electrons. The second-order valence-electron chi connectivity index (χ2n) is 7.26. The predicted molar refractivity (Wildman–Crippen MR) is 82.3 cm³/mol. The molecule has 19 heavy (non-hydrogen) atoms. The van der Waals surface area contributed by atoms with Crippen LogP contribution in [0.3, 0.4) is 0 Å². The second kappa shape index (κ2) is 8.23. The molecule has 0 spiro atoms. The van der Waals surface area contributed by atoms with Crippen LogP contribution in [0.1, 0.15) is 53.4 Å². The van der Waals surface area contributed by atoms with Gasteiger partial charge in [-0.15, -0.1) is 0 Å². The molecular weight excluding hydrogens is 236 g/mol. The highest BCUT2D eigenvalue weighted by atomic mass is 16.5. The summed E-state index contributed by atoms with van der Waals surface area (Å²) in [5.41, 5.74) is 6.33. The lowest BCUT2D eigenvalue weighted by Crippen LogP contribution is -2.43. The smallest absolute Gasteiger partial charge is 0.0702 e. The fourth-order valence-corrected chi connectivity index (χ4v) is 3.05. The Kier molecular flexibility index (Phi) is 7.33. The van der Waals surface area contributed by atoms with E-state index >= 15 is 0 Å². The van der Waals surface area contributed by atoms with E-state index in [1.165, 1.54) is 25.8 Å². The lowest BCUT2D eigenvalue weighted by Gasteiger charge is -2.36. The first-order valence-electron chi connectivity index (χ1n) is 7.98. The number of hydrogen-bond acceptors (Lipinski definition) is 3. The van der Waals surface area contributed by atoms with E-state index in [2.05, 4.69) is 32.6 Å². The molecule has 1 aliphatic rings. The molecular formula is C16H34N2O. The number of nitrogens with zero attached hydrogens (tertiary/aromatic N) is 1. The number of likely N-dealkylation sites (tertiary alicyclic amines) is 1. The molecule has 0 aliphatic carbocycles. The van der Waals surface area contributed by atoms with Gasteiger partial charge in [0.05, 0.1) is 6.10 Å². The molecule has 1 rings (SSSR count). The van der Waals surface area contributed by atoms with E-state index in [0.717, 1.165) is 32.7 Å². The molecule has 1 heterocycles. The van der Waals surface area contributed by atoms with Crippen molar-refractivity contribution < 1.29 is 4.74 Å². The number of rotatable bonds is 7. The molecule has 3 nitrogen and oxygen atoms in total. The number of piperidine rings is 1. The minimum absolute atomic E-state index is 0.373. The molecule has 0 aromatic rings. The van der Waals surface area contributed by atoms with Crippen LogP contribution in [0, 0.1) is 11.3 Å². The van der Waals surface area contributed by atoms with Gasteiger partial charge >= 0.3 is 0 Å². The van der Waals surface area contributed by atoms with Gasteiger partial charge in [-0.3, -0.25) is 0 Å². The van der Waals surface area contributed by atoms with Crippen molar-refractivity contribution in [2.24, 2.45) is 17.1 Å². The van der Waals surface area contributed by atoms with E-state index in [1.807, 2.05) is 0 Å². The summed E-state index contributed by atoms with van der Waals surface area (Å²) in [5, 5.41) is 0. The monoisotopic (exact) mass is 270 g/mol. The Bertz CT molecular complexity index is 237. The van der Waals surface area contributed by atoms with Gasteiger partial charge < -0.3 is 15.4 Å². The Morgan fingerprint density at radius 1 is 1.37 bits per heavy atom. The highest BCUT2D eigenvalue weighted by molar-refractivity contribution is 4.78. The standard InChI is InChI=1S/C16H34N2O/c1-5-9-19-15-7-6-8-18(13-15)12-14(11-17)10-16(2,3)4/h14-15H,5-13,17H2,1-4H3. The Hall–Kier alpha value is -0.120. The summed E-state index contributed by atoms with van der Waals surface area (Å²) in [4.78, 5) is 2.56. The fourth-order valence-electron chi connectivity index (χ4n) is 3.05. The SMILES string of the molecule is CCCOC1CCCN(CC(CN)CC(C)(C)C)C1. The molecule has 0 saturated carbocycles. The first kappa shape index (κ1) is 16.9. The zero-order valence-electron chi connectivity index (χ0n) is 13.5. The summed E-state index contributed by atoms with van der Waals surface area (Å²) in [7, 11) is 0. The maximum absolute atomic E-state index is 5.95. The van der Waals surface area contributed by atoms with Gasteiger partial charge in [0.2, 0.25) is 0 Å².